The molecule has 12 heteroatoms. The van der Waals surface area contributed by atoms with Gasteiger partial charge in [0.15, 0.2) is 6.61 Å². The largest absolute Gasteiger partial charge is 0.482 e. The van der Waals surface area contributed by atoms with Gasteiger partial charge in [0.1, 0.15) is 11.6 Å². The fourth-order valence-corrected chi connectivity index (χ4v) is 4.97. The van der Waals surface area contributed by atoms with Gasteiger partial charge in [-0.05, 0) is 55.4 Å². The van der Waals surface area contributed by atoms with Gasteiger partial charge in [-0.15, -0.1) is 0 Å². The van der Waals surface area contributed by atoms with Gasteiger partial charge < -0.3 is 9.84 Å². The van der Waals surface area contributed by atoms with Gasteiger partial charge in [0, 0.05) is 31.7 Å². The summed E-state index contributed by atoms with van der Waals surface area (Å²) in [5.41, 5.74) is -0.739. The molecule has 1 fully saturated rings. The maximum Gasteiger partial charge on any atom is 0.416 e. The summed E-state index contributed by atoms with van der Waals surface area (Å²) in [7, 11) is -3.85. The molecule has 0 atom stereocenters. The molecular formula is C21H22F4N2O5S. The van der Waals surface area contributed by atoms with Crippen LogP contribution in [0.3, 0.4) is 0 Å². The minimum absolute atomic E-state index is 0.0172. The third-order valence-corrected chi connectivity index (χ3v) is 7.04. The number of ether oxygens (including phenoxy) is 1. The van der Waals surface area contributed by atoms with E-state index in [1.165, 1.54) is 16.4 Å². The van der Waals surface area contributed by atoms with Gasteiger partial charge in [-0.3, -0.25) is 4.90 Å². The average molecular weight is 490 g/mol. The van der Waals surface area contributed by atoms with Crippen molar-refractivity contribution >= 4 is 16.0 Å². The van der Waals surface area contributed by atoms with Crippen molar-refractivity contribution in [2.24, 2.45) is 0 Å². The Morgan fingerprint density at radius 2 is 1.73 bits per heavy atom. The summed E-state index contributed by atoms with van der Waals surface area (Å²) in [5, 5.41) is 8.82. The highest BCUT2D eigenvalue weighted by Gasteiger charge is 2.32. The Bertz CT molecular complexity index is 1090. The molecular weight excluding hydrogens is 468 g/mol. The van der Waals surface area contributed by atoms with Gasteiger partial charge >= 0.3 is 12.1 Å². The van der Waals surface area contributed by atoms with Crippen LogP contribution in [0.5, 0.6) is 5.75 Å². The van der Waals surface area contributed by atoms with E-state index in [1.54, 1.807) is 4.90 Å². The number of aliphatic carboxylic acids is 1. The number of alkyl halides is 3. The molecule has 1 aliphatic rings. The molecule has 0 aromatic heterocycles. The fraction of sp³-hybridized carbons (Fsp3) is 0.381. The van der Waals surface area contributed by atoms with Crippen LogP contribution in [0, 0.1) is 5.82 Å². The van der Waals surface area contributed by atoms with Crippen LogP contribution in [0.25, 0.3) is 0 Å². The number of carboxylic acid groups (broad SMARTS) is 1. The number of rotatable bonds is 7. The van der Waals surface area contributed by atoms with Crippen molar-refractivity contribution in [3.63, 3.8) is 0 Å². The molecule has 1 N–H and O–H groups in total. The molecule has 0 unspecified atom stereocenters. The summed E-state index contributed by atoms with van der Waals surface area (Å²) < 4.78 is 84.8. The number of benzene rings is 2. The molecule has 180 valence electrons. The van der Waals surface area contributed by atoms with Gasteiger partial charge in [0.2, 0.25) is 10.0 Å². The molecule has 7 nitrogen and oxygen atoms in total. The van der Waals surface area contributed by atoms with Crippen LogP contribution in [-0.2, 0) is 27.5 Å². The van der Waals surface area contributed by atoms with E-state index in [1.807, 2.05) is 0 Å². The van der Waals surface area contributed by atoms with Crippen LogP contribution in [0.4, 0.5) is 17.6 Å². The fourth-order valence-electron chi connectivity index (χ4n) is 3.50. The minimum Gasteiger partial charge on any atom is -0.482 e. The van der Waals surface area contributed by atoms with Gasteiger partial charge in [0.05, 0.1) is 10.5 Å². The quantitative estimate of drug-likeness (QED) is 0.600. The number of sulfonamides is 1. The van der Waals surface area contributed by atoms with Crippen LogP contribution in [0.2, 0.25) is 0 Å². The summed E-state index contributed by atoms with van der Waals surface area (Å²) in [6, 6.07) is 7.30. The van der Waals surface area contributed by atoms with Crippen molar-refractivity contribution in [3.8, 4) is 5.75 Å². The third-order valence-electron chi connectivity index (χ3n) is 5.13. The maximum atomic E-state index is 13.2. The number of halogens is 4. The standard InChI is InChI=1S/C21H22F4N2O5S/c22-17-3-5-18(6-4-17)33(30,31)27-9-1-8-26(10-11-27)13-15-12-16(21(23,24)25)2-7-19(15)32-14-20(28)29/h2-7,12H,1,8-11,13-14H2,(H,28,29). The molecule has 0 aliphatic carbocycles. The Morgan fingerprint density at radius 3 is 2.36 bits per heavy atom. The first-order valence-electron chi connectivity index (χ1n) is 9.99. The number of nitrogens with zero attached hydrogens (tertiary/aromatic N) is 2. The Kier molecular flexibility index (Phi) is 7.60. The molecule has 0 radical (unpaired) electrons. The first-order valence-corrected chi connectivity index (χ1v) is 11.4. The molecule has 0 saturated carbocycles. The topological polar surface area (TPSA) is 87.2 Å². The Labute approximate surface area is 188 Å². The smallest absolute Gasteiger partial charge is 0.416 e. The molecule has 0 bridgehead atoms. The second-order valence-corrected chi connectivity index (χ2v) is 9.43. The lowest BCUT2D eigenvalue weighted by Crippen LogP contribution is -2.35. The highest BCUT2D eigenvalue weighted by molar-refractivity contribution is 7.89. The maximum absolute atomic E-state index is 13.2. The molecule has 3 rings (SSSR count). The highest BCUT2D eigenvalue weighted by atomic mass is 32.2. The molecule has 1 heterocycles. The second-order valence-electron chi connectivity index (χ2n) is 7.49. The van der Waals surface area contributed by atoms with E-state index < -0.39 is 40.2 Å². The number of hydrogen-bond acceptors (Lipinski definition) is 5. The van der Waals surface area contributed by atoms with E-state index in [9.17, 15) is 30.8 Å². The summed E-state index contributed by atoms with van der Waals surface area (Å²) >= 11 is 0. The zero-order valence-corrected chi connectivity index (χ0v) is 18.2. The summed E-state index contributed by atoms with van der Waals surface area (Å²) in [6.07, 6.45) is -4.16. The summed E-state index contributed by atoms with van der Waals surface area (Å²) in [6.45, 7) is 0.232. The average Bonchev–Trinajstić information content (AvgIpc) is 2.98. The van der Waals surface area contributed by atoms with Crippen molar-refractivity contribution in [2.45, 2.75) is 24.0 Å². The van der Waals surface area contributed by atoms with Crippen molar-refractivity contribution in [2.75, 3.05) is 32.8 Å². The van der Waals surface area contributed by atoms with Crippen LogP contribution >= 0.6 is 0 Å². The SMILES string of the molecule is O=C(O)COc1ccc(C(F)(F)F)cc1CN1CCCN(S(=O)(=O)c2ccc(F)cc2)CC1. The monoisotopic (exact) mass is 490 g/mol. The molecule has 33 heavy (non-hydrogen) atoms. The van der Waals surface area contributed by atoms with Crippen molar-refractivity contribution < 1.29 is 40.6 Å². The van der Waals surface area contributed by atoms with E-state index >= 15 is 0 Å². The predicted molar refractivity (Wildman–Crippen MR) is 110 cm³/mol. The lowest BCUT2D eigenvalue weighted by atomic mass is 10.1. The van der Waals surface area contributed by atoms with Crippen LogP contribution in [0.15, 0.2) is 47.4 Å². The Balaban J connectivity index is 1.76. The normalized spacial score (nSPS) is 16.4. The molecule has 2 aromatic rings. The molecule has 1 aliphatic heterocycles. The van der Waals surface area contributed by atoms with Gasteiger partial charge in [0.25, 0.3) is 0 Å². The number of carboxylic acids is 1. The molecule has 0 spiro atoms. The van der Waals surface area contributed by atoms with Gasteiger partial charge in [-0.25, -0.2) is 17.6 Å². The molecule has 2 aromatic carbocycles. The van der Waals surface area contributed by atoms with Crippen LogP contribution in [0.1, 0.15) is 17.5 Å². The zero-order chi connectivity index (χ0) is 24.2. The first kappa shape index (κ1) is 24.9. The highest BCUT2D eigenvalue weighted by Crippen LogP contribution is 2.33. The van der Waals surface area contributed by atoms with Crippen molar-refractivity contribution in [1.29, 1.82) is 0 Å². The van der Waals surface area contributed by atoms with Crippen molar-refractivity contribution in [3.05, 3.63) is 59.4 Å². The van der Waals surface area contributed by atoms with Gasteiger partial charge in [-0.2, -0.15) is 17.5 Å². The summed E-state index contributed by atoms with van der Waals surface area (Å²) in [4.78, 5) is 12.6. The van der Waals surface area contributed by atoms with Gasteiger partial charge in [-0.1, -0.05) is 0 Å². The Morgan fingerprint density at radius 1 is 1.03 bits per heavy atom. The number of carbonyl (C=O) groups is 1. The number of hydrogen-bond donors (Lipinski definition) is 1. The third kappa shape index (κ3) is 6.42. The van der Waals surface area contributed by atoms with E-state index in [-0.39, 0.29) is 42.4 Å². The lowest BCUT2D eigenvalue weighted by Gasteiger charge is -2.23. The molecule has 0 amide bonds. The second kappa shape index (κ2) is 10.1. The van der Waals surface area contributed by atoms with Crippen LogP contribution in [-0.4, -0.2) is 61.5 Å². The zero-order valence-electron chi connectivity index (χ0n) is 17.4. The molecule has 1 saturated heterocycles. The predicted octanol–water partition coefficient (Wildman–Crippen LogP) is 3.20. The first-order chi connectivity index (χ1) is 15.5. The Hall–Kier alpha value is -2.70. The van der Waals surface area contributed by atoms with E-state index in [0.29, 0.717) is 13.0 Å². The summed E-state index contributed by atoms with van der Waals surface area (Å²) in [5.74, 6) is -1.80. The van der Waals surface area contributed by atoms with E-state index in [2.05, 4.69) is 0 Å². The lowest BCUT2D eigenvalue weighted by molar-refractivity contribution is -0.140. The van der Waals surface area contributed by atoms with Crippen LogP contribution < -0.4 is 4.74 Å². The van der Waals surface area contributed by atoms with Crippen molar-refractivity contribution in [1.82, 2.24) is 9.21 Å². The minimum atomic E-state index is -4.58. The van der Waals surface area contributed by atoms with E-state index in [0.717, 1.165) is 30.3 Å². The van der Waals surface area contributed by atoms with E-state index in [4.69, 9.17) is 9.84 Å².